The maximum Gasteiger partial charge on any atom is 0.127 e. The number of halogens is 1. The summed E-state index contributed by atoms with van der Waals surface area (Å²) < 4.78 is 7.31. The van der Waals surface area contributed by atoms with E-state index in [1.54, 1.807) is 0 Å². The van der Waals surface area contributed by atoms with E-state index in [-0.39, 0.29) is 0 Å². The predicted molar refractivity (Wildman–Crippen MR) is 101 cm³/mol. The van der Waals surface area contributed by atoms with Crippen LogP contribution < -0.4 is 4.74 Å². The topological polar surface area (TPSA) is 9.23 Å². The smallest absolute Gasteiger partial charge is 0.127 e. The monoisotopic (exact) mass is 372 g/mol. The van der Waals surface area contributed by atoms with E-state index in [0.717, 1.165) is 18.8 Å². The summed E-state index contributed by atoms with van der Waals surface area (Å²) in [6.45, 7) is 11.9. The van der Waals surface area contributed by atoms with Crippen LogP contribution in [0.25, 0.3) is 0 Å². The lowest BCUT2D eigenvalue weighted by Gasteiger charge is -2.17. The second-order valence-corrected chi connectivity index (χ2v) is 7.86. The molecule has 1 nitrogen and oxygen atoms in total. The van der Waals surface area contributed by atoms with Gasteiger partial charge in [-0.05, 0) is 42.0 Å². The minimum Gasteiger partial charge on any atom is -0.492 e. The second-order valence-electron chi connectivity index (χ2n) is 7.07. The summed E-state index contributed by atoms with van der Waals surface area (Å²) >= 11 is 3.80. The van der Waals surface area contributed by atoms with Gasteiger partial charge in [-0.2, -0.15) is 0 Å². The molecular weight excluding hydrogens is 348 g/mol. The zero-order chi connectivity index (χ0) is 16.7. The molecule has 2 aromatic rings. The minimum atomic E-state index is 0.476. The fraction of sp³-hybridized carbons (Fsp3) is 0.429. The largest absolute Gasteiger partial charge is 0.492 e. The number of hydrogen-bond donors (Lipinski definition) is 0. The molecule has 0 saturated carbocycles. The van der Waals surface area contributed by atoms with Crippen molar-refractivity contribution < 1.29 is 4.74 Å². The number of fused-ring (bicyclic) bond motifs is 1. The zero-order valence-electron chi connectivity index (χ0n) is 14.7. The van der Waals surface area contributed by atoms with Crippen LogP contribution in [0.1, 0.15) is 66.0 Å². The third-order valence-corrected chi connectivity index (χ3v) is 6.22. The highest BCUT2D eigenvalue weighted by atomic mass is 79.9. The molecule has 0 spiro atoms. The van der Waals surface area contributed by atoms with Gasteiger partial charge in [0, 0.05) is 27.9 Å². The lowest BCUT2D eigenvalue weighted by atomic mass is 9.90. The van der Waals surface area contributed by atoms with E-state index in [2.05, 4.69) is 74.8 Å². The van der Waals surface area contributed by atoms with E-state index in [1.807, 2.05) is 0 Å². The van der Waals surface area contributed by atoms with Crippen molar-refractivity contribution in [3.63, 3.8) is 0 Å². The highest BCUT2D eigenvalue weighted by molar-refractivity contribution is 9.10. The molecule has 0 N–H and O–H groups in total. The Bertz CT molecular complexity index is 729. The zero-order valence-corrected chi connectivity index (χ0v) is 16.3. The van der Waals surface area contributed by atoms with Crippen molar-refractivity contribution in [2.24, 2.45) is 0 Å². The number of ether oxygens (including phenoxy) is 1. The highest BCUT2D eigenvalue weighted by Gasteiger charge is 2.28. The first-order valence-corrected chi connectivity index (χ1v) is 9.22. The molecular formula is C21H25BrO. The molecule has 1 unspecified atom stereocenters. The van der Waals surface area contributed by atoms with Gasteiger partial charge >= 0.3 is 0 Å². The van der Waals surface area contributed by atoms with Crippen molar-refractivity contribution in [3.05, 3.63) is 62.1 Å². The van der Waals surface area contributed by atoms with Crippen LogP contribution in [-0.4, -0.2) is 6.61 Å². The second kappa shape index (κ2) is 6.32. The molecule has 2 heteroatoms. The van der Waals surface area contributed by atoms with Crippen LogP contribution in [-0.2, 0) is 6.42 Å². The maximum atomic E-state index is 6.07. The van der Waals surface area contributed by atoms with E-state index in [1.165, 1.54) is 37.9 Å². The van der Waals surface area contributed by atoms with Crippen LogP contribution in [0.2, 0.25) is 0 Å². The van der Waals surface area contributed by atoms with Crippen LogP contribution in [0.5, 0.6) is 5.75 Å². The lowest BCUT2D eigenvalue weighted by molar-refractivity contribution is 0.334. The minimum absolute atomic E-state index is 0.476. The van der Waals surface area contributed by atoms with Gasteiger partial charge in [0.1, 0.15) is 5.75 Å². The van der Waals surface area contributed by atoms with Crippen LogP contribution in [0.4, 0.5) is 0 Å². The molecule has 0 aromatic heterocycles. The number of benzene rings is 2. The SMILES string of the molecule is Cc1c(Br)c(C)c2c(c1Cc1ccc(C(C)C)cc1)OCC2C. The first kappa shape index (κ1) is 16.6. The Morgan fingerprint density at radius 3 is 2.39 bits per heavy atom. The molecule has 2 aromatic carbocycles. The molecule has 0 aliphatic carbocycles. The molecule has 1 aliphatic rings. The molecule has 122 valence electrons. The van der Waals surface area contributed by atoms with Crippen LogP contribution >= 0.6 is 15.9 Å². The van der Waals surface area contributed by atoms with Gasteiger partial charge in [0.05, 0.1) is 6.61 Å². The summed E-state index contributed by atoms with van der Waals surface area (Å²) in [6, 6.07) is 9.02. The number of hydrogen-bond acceptors (Lipinski definition) is 1. The summed E-state index contributed by atoms with van der Waals surface area (Å²) in [6.07, 6.45) is 0.929. The quantitative estimate of drug-likeness (QED) is 0.616. The summed E-state index contributed by atoms with van der Waals surface area (Å²) in [7, 11) is 0. The third kappa shape index (κ3) is 2.94. The lowest BCUT2D eigenvalue weighted by Crippen LogP contribution is -2.00. The van der Waals surface area contributed by atoms with Gasteiger partial charge in [0.2, 0.25) is 0 Å². The summed E-state index contributed by atoms with van der Waals surface area (Å²) in [5.41, 5.74) is 8.10. The third-order valence-electron chi connectivity index (χ3n) is 5.03. The average Bonchev–Trinajstić information content (AvgIpc) is 2.91. The molecule has 0 radical (unpaired) electrons. The Morgan fingerprint density at radius 2 is 1.78 bits per heavy atom. The fourth-order valence-electron chi connectivity index (χ4n) is 3.52. The molecule has 1 aliphatic heterocycles. The normalized spacial score (nSPS) is 16.6. The van der Waals surface area contributed by atoms with Crippen molar-refractivity contribution in [2.45, 2.75) is 52.9 Å². The number of rotatable bonds is 3. The first-order valence-electron chi connectivity index (χ1n) is 8.43. The predicted octanol–water partition coefficient (Wildman–Crippen LogP) is 6.28. The molecule has 0 fully saturated rings. The Labute approximate surface area is 148 Å². The standard InChI is InChI=1S/C21H25BrO/c1-12(2)17-8-6-16(7-9-17)10-18-14(4)20(22)15(5)19-13(3)11-23-21(18)19/h6-9,12-13H,10-11H2,1-5H3. The van der Waals surface area contributed by atoms with Crippen LogP contribution in [0.3, 0.4) is 0 Å². The Kier molecular flexibility index (Phi) is 4.55. The Morgan fingerprint density at radius 1 is 1.13 bits per heavy atom. The Hall–Kier alpha value is -1.28. The van der Waals surface area contributed by atoms with Crippen molar-refractivity contribution in [2.75, 3.05) is 6.61 Å². The van der Waals surface area contributed by atoms with Crippen molar-refractivity contribution in [1.29, 1.82) is 0 Å². The van der Waals surface area contributed by atoms with Crippen molar-refractivity contribution in [3.8, 4) is 5.75 Å². The van der Waals surface area contributed by atoms with Gasteiger partial charge in [-0.25, -0.2) is 0 Å². The molecule has 0 bridgehead atoms. The van der Waals surface area contributed by atoms with E-state index < -0.39 is 0 Å². The van der Waals surface area contributed by atoms with Crippen molar-refractivity contribution >= 4 is 15.9 Å². The molecule has 1 heterocycles. The van der Waals surface area contributed by atoms with Gasteiger partial charge in [-0.3, -0.25) is 0 Å². The molecule has 1 atom stereocenters. The average molecular weight is 373 g/mol. The highest BCUT2D eigenvalue weighted by Crippen LogP contribution is 2.45. The van der Waals surface area contributed by atoms with E-state index in [9.17, 15) is 0 Å². The molecule has 0 amide bonds. The summed E-state index contributed by atoms with van der Waals surface area (Å²) in [5, 5.41) is 0. The van der Waals surface area contributed by atoms with Crippen molar-refractivity contribution in [1.82, 2.24) is 0 Å². The summed E-state index contributed by atoms with van der Waals surface area (Å²) in [5.74, 6) is 2.18. The Balaban J connectivity index is 2.02. The van der Waals surface area contributed by atoms with Gasteiger partial charge in [0.15, 0.2) is 0 Å². The van der Waals surface area contributed by atoms with Gasteiger partial charge in [-0.15, -0.1) is 0 Å². The molecule has 0 saturated heterocycles. The van der Waals surface area contributed by atoms with Crippen LogP contribution in [0.15, 0.2) is 28.7 Å². The summed E-state index contributed by atoms with van der Waals surface area (Å²) in [4.78, 5) is 0. The van der Waals surface area contributed by atoms with E-state index in [4.69, 9.17) is 4.74 Å². The van der Waals surface area contributed by atoms with E-state index in [0.29, 0.717) is 11.8 Å². The maximum absolute atomic E-state index is 6.07. The van der Waals surface area contributed by atoms with E-state index >= 15 is 0 Å². The van der Waals surface area contributed by atoms with Gasteiger partial charge in [0.25, 0.3) is 0 Å². The first-order chi connectivity index (χ1) is 10.9. The van der Waals surface area contributed by atoms with Gasteiger partial charge in [-0.1, -0.05) is 61.0 Å². The van der Waals surface area contributed by atoms with Gasteiger partial charge < -0.3 is 4.74 Å². The molecule has 3 rings (SSSR count). The fourth-order valence-corrected chi connectivity index (χ4v) is 3.98. The van der Waals surface area contributed by atoms with Crippen LogP contribution in [0, 0.1) is 13.8 Å². The molecule has 23 heavy (non-hydrogen) atoms.